The van der Waals surface area contributed by atoms with Crippen molar-refractivity contribution in [2.75, 3.05) is 20.1 Å². The van der Waals surface area contributed by atoms with Crippen LogP contribution < -0.4 is 0 Å². The van der Waals surface area contributed by atoms with Gasteiger partial charge in [0.1, 0.15) is 0 Å². The summed E-state index contributed by atoms with van der Waals surface area (Å²) in [7, 11) is -1.82. The molecule has 0 amide bonds. The first-order chi connectivity index (χ1) is 10.6. The molecule has 2 aromatic rings. The van der Waals surface area contributed by atoms with Gasteiger partial charge in [-0.25, -0.2) is 4.98 Å². The molecule has 0 saturated carbocycles. The van der Waals surface area contributed by atoms with Gasteiger partial charge in [-0.3, -0.25) is 4.98 Å². The van der Waals surface area contributed by atoms with Gasteiger partial charge in [-0.05, 0) is 25.0 Å². The van der Waals surface area contributed by atoms with E-state index in [9.17, 15) is 8.42 Å². The number of fused-ring (bicyclic) bond motifs is 1. The Hall–Kier alpha value is -1.57. The fourth-order valence-corrected chi connectivity index (χ4v) is 4.08. The van der Waals surface area contributed by atoms with Gasteiger partial charge in [-0.2, -0.15) is 17.0 Å². The van der Waals surface area contributed by atoms with Gasteiger partial charge in [-0.15, -0.1) is 0 Å². The second-order valence-corrected chi connectivity index (χ2v) is 7.61. The summed E-state index contributed by atoms with van der Waals surface area (Å²) in [6.45, 7) is 1.45. The second-order valence-electron chi connectivity index (χ2n) is 5.57. The van der Waals surface area contributed by atoms with Gasteiger partial charge in [0.15, 0.2) is 0 Å². The predicted octanol–water partition coefficient (Wildman–Crippen LogP) is 1.79. The van der Waals surface area contributed by atoms with Crippen LogP contribution in [0.15, 0.2) is 30.5 Å². The fraction of sp³-hybridized carbons (Fsp3) is 0.467. The van der Waals surface area contributed by atoms with Crippen LogP contribution in [0.3, 0.4) is 0 Å². The van der Waals surface area contributed by atoms with Crippen LogP contribution in [0.4, 0.5) is 0 Å². The van der Waals surface area contributed by atoms with E-state index < -0.39 is 10.2 Å². The van der Waals surface area contributed by atoms with Crippen LogP contribution in [-0.2, 0) is 16.8 Å². The molecule has 1 aromatic carbocycles. The number of aromatic nitrogens is 2. The number of rotatable bonds is 4. The maximum Gasteiger partial charge on any atom is 0.282 e. The van der Waals surface area contributed by atoms with Crippen LogP contribution in [0.25, 0.3) is 11.0 Å². The maximum absolute atomic E-state index is 12.6. The zero-order chi connectivity index (χ0) is 15.6. The van der Waals surface area contributed by atoms with E-state index in [2.05, 4.69) is 9.97 Å². The highest BCUT2D eigenvalue weighted by Gasteiger charge is 2.28. The van der Waals surface area contributed by atoms with Gasteiger partial charge in [0, 0.05) is 20.1 Å². The maximum atomic E-state index is 12.6. The first-order valence-corrected chi connectivity index (χ1v) is 8.89. The fourth-order valence-electron chi connectivity index (χ4n) is 2.67. The quantitative estimate of drug-likeness (QED) is 0.861. The molecule has 0 aliphatic carbocycles. The Kier molecular flexibility index (Phi) is 4.37. The van der Waals surface area contributed by atoms with Crippen LogP contribution in [-0.4, -0.2) is 47.1 Å². The molecule has 1 fully saturated rings. The summed E-state index contributed by atoms with van der Waals surface area (Å²) >= 11 is 0. The van der Waals surface area contributed by atoms with Crippen LogP contribution in [0, 0.1) is 0 Å². The van der Waals surface area contributed by atoms with Crippen LogP contribution in [0.2, 0.25) is 0 Å². The summed E-state index contributed by atoms with van der Waals surface area (Å²) < 4.78 is 28.0. The van der Waals surface area contributed by atoms with Crippen LogP contribution in [0.1, 0.15) is 25.0 Å². The highest BCUT2D eigenvalue weighted by Crippen LogP contribution is 2.17. The van der Waals surface area contributed by atoms with Crippen molar-refractivity contribution in [3.05, 3.63) is 36.2 Å². The minimum Gasteiger partial charge on any atom is -0.253 e. The number of hydrogen-bond donors (Lipinski definition) is 0. The van der Waals surface area contributed by atoms with Crippen molar-refractivity contribution >= 4 is 21.2 Å². The lowest BCUT2D eigenvalue weighted by atomic mass is 10.2. The van der Waals surface area contributed by atoms with E-state index in [-0.39, 0.29) is 6.54 Å². The third-order valence-corrected chi connectivity index (χ3v) is 5.85. The molecule has 0 atom stereocenters. The predicted molar refractivity (Wildman–Crippen MR) is 85.3 cm³/mol. The molecule has 0 radical (unpaired) electrons. The van der Waals surface area contributed by atoms with E-state index in [1.807, 2.05) is 24.3 Å². The Labute approximate surface area is 131 Å². The van der Waals surface area contributed by atoms with E-state index in [1.165, 1.54) is 4.31 Å². The Morgan fingerprint density at radius 2 is 1.82 bits per heavy atom. The van der Waals surface area contributed by atoms with Gasteiger partial charge in [0.05, 0.1) is 29.5 Å². The zero-order valence-corrected chi connectivity index (χ0v) is 13.5. The van der Waals surface area contributed by atoms with Gasteiger partial charge in [0.25, 0.3) is 10.2 Å². The van der Waals surface area contributed by atoms with E-state index in [0.29, 0.717) is 18.8 Å². The molecule has 7 heteroatoms. The Bertz CT molecular complexity index is 757. The monoisotopic (exact) mass is 320 g/mol. The third kappa shape index (κ3) is 3.11. The molecule has 1 saturated heterocycles. The van der Waals surface area contributed by atoms with Crippen molar-refractivity contribution in [3.8, 4) is 0 Å². The van der Waals surface area contributed by atoms with Gasteiger partial charge in [-0.1, -0.05) is 18.6 Å². The highest BCUT2D eigenvalue weighted by molar-refractivity contribution is 7.86. The lowest BCUT2D eigenvalue weighted by Crippen LogP contribution is -2.44. The minimum absolute atomic E-state index is 0.233. The molecule has 1 aromatic heterocycles. The van der Waals surface area contributed by atoms with E-state index in [1.54, 1.807) is 17.5 Å². The molecular weight excluding hydrogens is 300 g/mol. The van der Waals surface area contributed by atoms with Crippen LogP contribution >= 0.6 is 0 Å². The van der Waals surface area contributed by atoms with Gasteiger partial charge >= 0.3 is 0 Å². The molecule has 118 valence electrons. The molecule has 22 heavy (non-hydrogen) atoms. The molecule has 0 unspecified atom stereocenters. The topological polar surface area (TPSA) is 66.4 Å². The first-order valence-electron chi connectivity index (χ1n) is 7.49. The smallest absolute Gasteiger partial charge is 0.253 e. The first kappa shape index (κ1) is 15.3. The van der Waals surface area contributed by atoms with Crippen molar-refractivity contribution < 1.29 is 8.42 Å². The summed E-state index contributed by atoms with van der Waals surface area (Å²) in [5.41, 5.74) is 2.25. The standard InChI is InChI=1S/C15H20N4O2S/c1-18(22(20,21)19-9-5-2-6-10-19)12-13-11-16-14-7-3-4-8-15(14)17-13/h3-4,7-8,11H,2,5-6,9-10,12H2,1H3. The molecule has 3 rings (SSSR count). The van der Waals surface area contributed by atoms with Crippen molar-refractivity contribution in [2.24, 2.45) is 0 Å². The molecule has 0 N–H and O–H groups in total. The number of hydrogen-bond acceptors (Lipinski definition) is 4. The summed E-state index contributed by atoms with van der Waals surface area (Å²) in [5.74, 6) is 0. The number of piperidine rings is 1. The lowest BCUT2D eigenvalue weighted by Gasteiger charge is -2.29. The summed E-state index contributed by atoms with van der Waals surface area (Å²) in [6.07, 6.45) is 4.61. The van der Waals surface area contributed by atoms with Gasteiger partial charge < -0.3 is 0 Å². The molecule has 2 heterocycles. The molecule has 1 aliphatic heterocycles. The lowest BCUT2D eigenvalue weighted by molar-refractivity contribution is 0.313. The van der Waals surface area contributed by atoms with Crippen LogP contribution in [0.5, 0.6) is 0 Å². The summed E-state index contributed by atoms with van der Waals surface area (Å²) in [4.78, 5) is 8.82. The van der Waals surface area contributed by atoms with Gasteiger partial charge in [0.2, 0.25) is 0 Å². The Morgan fingerprint density at radius 3 is 2.55 bits per heavy atom. The number of para-hydroxylation sites is 2. The molecule has 0 bridgehead atoms. The molecular formula is C15H20N4O2S. The number of nitrogens with zero attached hydrogens (tertiary/aromatic N) is 4. The van der Waals surface area contributed by atoms with Crippen molar-refractivity contribution in [1.29, 1.82) is 0 Å². The molecule has 6 nitrogen and oxygen atoms in total. The SMILES string of the molecule is CN(Cc1cnc2ccccc2n1)S(=O)(=O)N1CCCCC1. The molecule has 1 aliphatic rings. The van der Waals surface area contributed by atoms with E-state index in [0.717, 1.165) is 30.3 Å². The Morgan fingerprint density at radius 1 is 1.14 bits per heavy atom. The normalized spacial score (nSPS) is 17.2. The summed E-state index contributed by atoms with van der Waals surface area (Å²) in [6, 6.07) is 7.57. The Balaban J connectivity index is 1.78. The highest BCUT2D eigenvalue weighted by atomic mass is 32.2. The largest absolute Gasteiger partial charge is 0.282 e. The van der Waals surface area contributed by atoms with Crippen molar-refractivity contribution in [2.45, 2.75) is 25.8 Å². The molecule has 0 spiro atoms. The summed E-state index contributed by atoms with van der Waals surface area (Å²) in [5, 5.41) is 0. The minimum atomic E-state index is -3.41. The second kappa shape index (κ2) is 6.28. The van der Waals surface area contributed by atoms with E-state index in [4.69, 9.17) is 0 Å². The van der Waals surface area contributed by atoms with Crippen molar-refractivity contribution in [1.82, 2.24) is 18.6 Å². The van der Waals surface area contributed by atoms with E-state index >= 15 is 0 Å². The number of benzene rings is 1. The average molecular weight is 320 g/mol. The average Bonchev–Trinajstić information content (AvgIpc) is 2.55. The zero-order valence-electron chi connectivity index (χ0n) is 12.6. The van der Waals surface area contributed by atoms with Crippen molar-refractivity contribution in [3.63, 3.8) is 0 Å². The third-order valence-electron chi connectivity index (χ3n) is 3.92.